The van der Waals surface area contributed by atoms with E-state index in [2.05, 4.69) is 0 Å². The summed E-state index contributed by atoms with van der Waals surface area (Å²) in [6, 6.07) is 1.81. The summed E-state index contributed by atoms with van der Waals surface area (Å²) in [6.45, 7) is 5.10. The van der Waals surface area contributed by atoms with Crippen LogP contribution in [0.2, 0.25) is 0 Å². The second kappa shape index (κ2) is 6.14. The lowest BCUT2D eigenvalue weighted by molar-refractivity contribution is -0.149. The van der Waals surface area contributed by atoms with E-state index in [4.69, 9.17) is 15.2 Å². The average Bonchev–Trinajstić information content (AvgIpc) is 2.69. The lowest BCUT2D eigenvalue weighted by Gasteiger charge is -2.22. The van der Waals surface area contributed by atoms with Crippen LogP contribution in [-0.4, -0.2) is 19.5 Å². The van der Waals surface area contributed by atoms with Gasteiger partial charge in [0.25, 0.3) is 0 Å². The first-order valence-corrected chi connectivity index (χ1v) is 5.74. The van der Waals surface area contributed by atoms with Crippen molar-refractivity contribution < 1.29 is 9.47 Å². The molecular formula is C10H17NO2S. The van der Waals surface area contributed by atoms with E-state index in [0.717, 1.165) is 5.56 Å². The Morgan fingerprint density at radius 1 is 1.36 bits per heavy atom. The third-order valence-electron chi connectivity index (χ3n) is 1.88. The van der Waals surface area contributed by atoms with Crippen LogP contribution in [0.15, 0.2) is 16.8 Å². The van der Waals surface area contributed by atoms with Crippen LogP contribution < -0.4 is 5.73 Å². The highest BCUT2D eigenvalue weighted by Gasteiger charge is 2.19. The molecule has 0 radical (unpaired) electrons. The van der Waals surface area contributed by atoms with Gasteiger partial charge in [0.05, 0.1) is 6.04 Å². The number of nitrogens with two attached hydrogens (primary N) is 1. The molecule has 0 saturated carbocycles. The Kier molecular flexibility index (Phi) is 5.11. The second-order valence-corrected chi connectivity index (χ2v) is 3.64. The molecule has 0 spiro atoms. The summed E-state index contributed by atoms with van der Waals surface area (Å²) >= 11 is 1.63. The second-order valence-electron chi connectivity index (χ2n) is 2.86. The number of rotatable bonds is 6. The Bertz CT molecular complexity index is 232. The molecule has 3 nitrogen and oxygen atoms in total. The monoisotopic (exact) mass is 215 g/mol. The van der Waals surface area contributed by atoms with Crippen LogP contribution in [-0.2, 0) is 9.47 Å². The van der Waals surface area contributed by atoms with Gasteiger partial charge in [-0.05, 0) is 36.2 Å². The molecule has 80 valence electrons. The van der Waals surface area contributed by atoms with E-state index in [1.54, 1.807) is 11.3 Å². The summed E-state index contributed by atoms with van der Waals surface area (Å²) in [5, 5.41) is 4.03. The zero-order valence-corrected chi connectivity index (χ0v) is 9.42. The minimum absolute atomic E-state index is 0.193. The summed E-state index contributed by atoms with van der Waals surface area (Å²) < 4.78 is 10.9. The quantitative estimate of drug-likeness (QED) is 0.739. The van der Waals surface area contributed by atoms with E-state index in [-0.39, 0.29) is 12.3 Å². The van der Waals surface area contributed by atoms with E-state index in [1.165, 1.54) is 0 Å². The molecule has 1 aromatic heterocycles. The molecule has 1 atom stereocenters. The molecular weight excluding hydrogens is 198 g/mol. The van der Waals surface area contributed by atoms with Crippen LogP contribution in [0.3, 0.4) is 0 Å². The van der Waals surface area contributed by atoms with Gasteiger partial charge in [-0.3, -0.25) is 0 Å². The number of ether oxygens (including phenoxy) is 2. The molecule has 0 amide bonds. The van der Waals surface area contributed by atoms with Gasteiger partial charge in [0, 0.05) is 13.2 Å². The van der Waals surface area contributed by atoms with Gasteiger partial charge in [-0.25, -0.2) is 0 Å². The van der Waals surface area contributed by atoms with Gasteiger partial charge < -0.3 is 15.2 Å². The molecule has 0 aliphatic carbocycles. The third kappa shape index (κ3) is 3.06. The normalized spacial score (nSPS) is 13.4. The maximum atomic E-state index is 6.01. The molecule has 0 fully saturated rings. The molecule has 0 saturated heterocycles. The van der Waals surface area contributed by atoms with E-state index >= 15 is 0 Å². The Morgan fingerprint density at radius 3 is 2.43 bits per heavy atom. The maximum Gasteiger partial charge on any atom is 0.176 e. The molecule has 14 heavy (non-hydrogen) atoms. The predicted octanol–water partition coefficient (Wildman–Crippen LogP) is 2.15. The van der Waals surface area contributed by atoms with E-state index < -0.39 is 0 Å². The topological polar surface area (TPSA) is 44.5 Å². The van der Waals surface area contributed by atoms with Crippen LogP contribution in [0, 0.1) is 0 Å². The largest absolute Gasteiger partial charge is 0.351 e. The van der Waals surface area contributed by atoms with Gasteiger partial charge in [-0.15, -0.1) is 0 Å². The Morgan fingerprint density at radius 2 is 2.00 bits per heavy atom. The van der Waals surface area contributed by atoms with Crippen molar-refractivity contribution >= 4 is 11.3 Å². The van der Waals surface area contributed by atoms with Crippen LogP contribution in [0.25, 0.3) is 0 Å². The van der Waals surface area contributed by atoms with E-state index in [9.17, 15) is 0 Å². The highest BCUT2D eigenvalue weighted by atomic mass is 32.1. The van der Waals surface area contributed by atoms with E-state index in [0.29, 0.717) is 13.2 Å². The van der Waals surface area contributed by atoms with Gasteiger partial charge in [0.1, 0.15) is 0 Å². The first-order valence-electron chi connectivity index (χ1n) is 4.80. The molecule has 1 unspecified atom stereocenters. The van der Waals surface area contributed by atoms with Crippen molar-refractivity contribution in [2.45, 2.75) is 26.2 Å². The van der Waals surface area contributed by atoms with Crippen molar-refractivity contribution in [3.63, 3.8) is 0 Å². The molecule has 0 aliphatic heterocycles. The van der Waals surface area contributed by atoms with Crippen molar-refractivity contribution in [3.8, 4) is 0 Å². The fourth-order valence-electron chi connectivity index (χ4n) is 1.21. The minimum atomic E-state index is -0.334. The summed E-state index contributed by atoms with van der Waals surface area (Å²) in [6.07, 6.45) is -0.334. The molecule has 2 N–H and O–H groups in total. The molecule has 1 heterocycles. The molecule has 1 rings (SSSR count). The smallest absolute Gasteiger partial charge is 0.176 e. The third-order valence-corrected chi connectivity index (χ3v) is 2.58. The summed E-state index contributed by atoms with van der Waals surface area (Å²) in [7, 11) is 0. The van der Waals surface area contributed by atoms with E-state index in [1.807, 2.05) is 30.7 Å². The number of hydrogen-bond acceptors (Lipinski definition) is 4. The number of thiophene rings is 1. The fourth-order valence-corrected chi connectivity index (χ4v) is 1.91. The lowest BCUT2D eigenvalue weighted by atomic mass is 10.1. The first kappa shape index (κ1) is 11.7. The lowest BCUT2D eigenvalue weighted by Crippen LogP contribution is -2.31. The van der Waals surface area contributed by atoms with Crippen molar-refractivity contribution in [2.75, 3.05) is 13.2 Å². The van der Waals surface area contributed by atoms with Crippen molar-refractivity contribution in [1.82, 2.24) is 0 Å². The Balaban J connectivity index is 2.58. The Hall–Kier alpha value is -0.420. The average molecular weight is 215 g/mol. The fraction of sp³-hybridized carbons (Fsp3) is 0.600. The maximum absolute atomic E-state index is 6.01. The van der Waals surface area contributed by atoms with Crippen molar-refractivity contribution in [3.05, 3.63) is 22.4 Å². The highest BCUT2D eigenvalue weighted by molar-refractivity contribution is 7.07. The zero-order valence-electron chi connectivity index (χ0n) is 8.60. The molecule has 1 aromatic rings. The summed E-state index contributed by atoms with van der Waals surface area (Å²) in [5.74, 6) is 0. The molecule has 0 bridgehead atoms. The molecule has 0 aromatic carbocycles. The summed E-state index contributed by atoms with van der Waals surface area (Å²) in [4.78, 5) is 0. The Labute approximate surface area is 88.8 Å². The van der Waals surface area contributed by atoms with Gasteiger partial charge in [0.2, 0.25) is 0 Å². The highest BCUT2D eigenvalue weighted by Crippen LogP contribution is 2.20. The van der Waals surface area contributed by atoms with Gasteiger partial charge in [-0.2, -0.15) is 11.3 Å². The van der Waals surface area contributed by atoms with Crippen LogP contribution >= 0.6 is 11.3 Å². The molecule has 0 aliphatic rings. The van der Waals surface area contributed by atoms with Crippen LogP contribution in [0.4, 0.5) is 0 Å². The van der Waals surface area contributed by atoms with Crippen molar-refractivity contribution in [2.24, 2.45) is 5.73 Å². The number of hydrogen-bond donors (Lipinski definition) is 1. The summed E-state index contributed by atoms with van der Waals surface area (Å²) in [5.41, 5.74) is 7.08. The first-order chi connectivity index (χ1) is 6.79. The SMILES string of the molecule is CCOC(OCC)C(N)c1ccsc1. The molecule has 4 heteroatoms. The van der Waals surface area contributed by atoms with Gasteiger partial charge >= 0.3 is 0 Å². The standard InChI is InChI=1S/C10H17NO2S/c1-3-12-10(13-4-2)9(11)8-5-6-14-7-8/h5-7,9-10H,3-4,11H2,1-2H3. The van der Waals surface area contributed by atoms with Crippen molar-refractivity contribution in [1.29, 1.82) is 0 Å². The minimum Gasteiger partial charge on any atom is -0.351 e. The van der Waals surface area contributed by atoms with Crippen LogP contribution in [0.5, 0.6) is 0 Å². The van der Waals surface area contributed by atoms with Gasteiger partial charge in [-0.1, -0.05) is 0 Å². The van der Waals surface area contributed by atoms with Gasteiger partial charge in [0.15, 0.2) is 6.29 Å². The zero-order chi connectivity index (χ0) is 10.4. The predicted molar refractivity (Wildman–Crippen MR) is 58.3 cm³/mol. The van der Waals surface area contributed by atoms with Crippen LogP contribution in [0.1, 0.15) is 25.5 Å².